The van der Waals surface area contributed by atoms with Crippen LogP contribution in [0.5, 0.6) is 0 Å². The number of benzene rings is 9. The maximum absolute atomic E-state index is 2.47. The fourth-order valence-corrected chi connectivity index (χ4v) is 8.89. The molecule has 0 unspecified atom stereocenters. The second-order valence-corrected chi connectivity index (χ2v) is 15.3. The second kappa shape index (κ2) is 13.7. The van der Waals surface area contributed by atoms with Crippen molar-refractivity contribution in [3.63, 3.8) is 0 Å². The van der Waals surface area contributed by atoms with Gasteiger partial charge in [-0.05, 0) is 108 Å². The average molecular weight is 716 g/mol. The highest BCUT2D eigenvalue weighted by Gasteiger charge is 2.37. The highest BCUT2D eigenvalue weighted by molar-refractivity contribution is 6.03. The molecule has 9 aromatic rings. The summed E-state index contributed by atoms with van der Waals surface area (Å²) in [6.07, 6.45) is 0. The van der Waals surface area contributed by atoms with Gasteiger partial charge in [0.1, 0.15) is 0 Å². The minimum Gasteiger partial charge on any atom is -0.310 e. The standard InChI is InChI=1S/C55H41N/c1-55(2)51-34-33-45(37-50(51)54-46(27-16-29-52(54)55)40-21-10-5-11-22-40)56(44-25-14-24-42(35-44)38-17-6-3-7-18-38)53-30-13-12-26-48(53)47-28-15-23-41-31-32-43(36-49(41)47)39-19-8-4-9-20-39/h3-37H,1-2H3. The molecule has 0 spiro atoms. The van der Waals surface area contributed by atoms with E-state index in [-0.39, 0.29) is 5.41 Å². The van der Waals surface area contributed by atoms with Crippen molar-refractivity contribution < 1.29 is 0 Å². The summed E-state index contributed by atoms with van der Waals surface area (Å²) in [4.78, 5) is 2.47. The minimum atomic E-state index is -0.136. The van der Waals surface area contributed by atoms with Crippen molar-refractivity contribution in [1.29, 1.82) is 0 Å². The zero-order valence-corrected chi connectivity index (χ0v) is 31.7. The Morgan fingerprint density at radius 1 is 0.339 bits per heavy atom. The van der Waals surface area contributed by atoms with Crippen LogP contribution >= 0.6 is 0 Å². The maximum atomic E-state index is 2.47. The molecule has 0 amide bonds. The van der Waals surface area contributed by atoms with E-state index >= 15 is 0 Å². The lowest BCUT2D eigenvalue weighted by molar-refractivity contribution is 0.660. The van der Waals surface area contributed by atoms with Crippen molar-refractivity contribution in [2.45, 2.75) is 19.3 Å². The lowest BCUT2D eigenvalue weighted by atomic mass is 9.82. The molecule has 1 aliphatic rings. The lowest BCUT2D eigenvalue weighted by Gasteiger charge is -2.29. The molecule has 1 aliphatic carbocycles. The smallest absolute Gasteiger partial charge is 0.0540 e. The zero-order valence-electron chi connectivity index (χ0n) is 31.7. The monoisotopic (exact) mass is 715 g/mol. The van der Waals surface area contributed by atoms with E-state index in [0.717, 1.165) is 17.1 Å². The normalized spacial score (nSPS) is 12.6. The van der Waals surface area contributed by atoms with Crippen LogP contribution in [0.25, 0.3) is 66.4 Å². The van der Waals surface area contributed by atoms with E-state index in [2.05, 4.69) is 231 Å². The molecule has 0 N–H and O–H groups in total. The van der Waals surface area contributed by atoms with Gasteiger partial charge in [0.25, 0.3) is 0 Å². The van der Waals surface area contributed by atoms with Crippen LogP contribution in [0.2, 0.25) is 0 Å². The molecule has 0 fully saturated rings. The molecular weight excluding hydrogens is 675 g/mol. The van der Waals surface area contributed by atoms with E-state index in [1.807, 2.05) is 0 Å². The van der Waals surface area contributed by atoms with Crippen LogP contribution in [0.3, 0.4) is 0 Å². The van der Waals surface area contributed by atoms with Gasteiger partial charge in [-0.2, -0.15) is 0 Å². The number of para-hydroxylation sites is 1. The summed E-state index contributed by atoms with van der Waals surface area (Å²) in [5.74, 6) is 0. The van der Waals surface area contributed by atoms with Crippen molar-refractivity contribution in [2.24, 2.45) is 0 Å². The molecular formula is C55H41N. The lowest BCUT2D eigenvalue weighted by Crippen LogP contribution is -2.15. The topological polar surface area (TPSA) is 3.24 Å². The molecule has 56 heavy (non-hydrogen) atoms. The summed E-state index contributed by atoms with van der Waals surface area (Å²) < 4.78 is 0. The van der Waals surface area contributed by atoms with Crippen LogP contribution < -0.4 is 4.90 Å². The highest BCUT2D eigenvalue weighted by atomic mass is 15.1. The molecule has 0 bridgehead atoms. The van der Waals surface area contributed by atoms with Gasteiger partial charge >= 0.3 is 0 Å². The third-order valence-corrected chi connectivity index (χ3v) is 11.7. The molecule has 9 aromatic carbocycles. The summed E-state index contributed by atoms with van der Waals surface area (Å²) >= 11 is 0. The number of fused-ring (bicyclic) bond motifs is 4. The second-order valence-electron chi connectivity index (χ2n) is 15.3. The summed E-state index contributed by atoms with van der Waals surface area (Å²) in [7, 11) is 0. The molecule has 0 saturated heterocycles. The summed E-state index contributed by atoms with van der Waals surface area (Å²) in [5.41, 5.74) is 18.3. The van der Waals surface area contributed by atoms with E-state index in [9.17, 15) is 0 Å². The summed E-state index contributed by atoms with van der Waals surface area (Å²) in [6, 6.07) is 77.6. The number of rotatable bonds is 7. The van der Waals surface area contributed by atoms with Gasteiger partial charge < -0.3 is 4.90 Å². The molecule has 0 saturated carbocycles. The molecule has 0 heterocycles. The van der Waals surface area contributed by atoms with Crippen molar-refractivity contribution in [2.75, 3.05) is 4.90 Å². The minimum absolute atomic E-state index is 0.136. The predicted octanol–water partition coefficient (Wildman–Crippen LogP) is 15.3. The van der Waals surface area contributed by atoms with E-state index in [0.29, 0.717) is 0 Å². The van der Waals surface area contributed by atoms with Crippen LogP contribution in [-0.4, -0.2) is 0 Å². The summed E-state index contributed by atoms with van der Waals surface area (Å²) in [6.45, 7) is 4.74. The van der Waals surface area contributed by atoms with Crippen LogP contribution in [-0.2, 0) is 5.41 Å². The van der Waals surface area contributed by atoms with Gasteiger partial charge in [0.15, 0.2) is 0 Å². The van der Waals surface area contributed by atoms with Crippen LogP contribution in [0.15, 0.2) is 212 Å². The van der Waals surface area contributed by atoms with Crippen molar-refractivity contribution >= 4 is 27.8 Å². The summed E-state index contributed by atoms with van der Waals surface area (Å²) in [5, 5.41) is 2.45. The van der Waals surface area contributed by atoms with E-state index < -0.39 is 0 Å². The third-order valence-electron chi connectivity index (χ3n) is 11.7. The zero-order chi connectivity index (χ0) is 37.6. The van der Waals surface area contributed by atoms with E-state index in [1.165, 1.54) is 77.5 Å². The Morgan fingerprint density at radius 2 is 0.911 bits per heavy atom. The Balaban J connectivity index is 1.21. The quantitative estimate of drug-likeness (QED) is 0.159. The Labute approximate surface area is 329 Å². The van der Waals surface area contributed by atoms with E-state index in [4.69, 9.17) is 0 Å². The number of nitrogens with zero attached hydrogens (tertiary/aromatic N) is 1. The van der Waals surface area contributed by atoms with Gasteiger partial charge in [-0.15, -0.1) is 0 Å². The fraction of sp³-hybridized carbons (Fsp3) is 0.0545. The first-order valence-electron chi connectivity index (χ1n) is 19.5. The van der Waals surface area contributed by atoms with Crippen molar-refractivity contribution in [3.05, 3.63) is 223 Å². The molecule has 0 aliphatic heterocycles. The molecule has 266 valence electrons. The van der Waals surface area contributed by atoms with Gasteiger partial charge in [-0.25, -0.2) is 0 Å². The Morgan fingerprint density at radius 3 is 1.66 bits per heavy atom. The largest absolute Gasteiger partial charge is 0.310 e. The number of hydrogen-bond donors (Lipinski definition) is 0. The Bertz CT molecular complexity index is 2870. The Hall–Kier alpha value is -6.96. The van der Waals surface area contributed by atoms with Crippen LogP contribution in [0.4, 0.5) is 17.1 Å². The average Bonchev–Trinajstić information content (AvgIpc) is 3.50. The van der Waals surface area contributed by atoms with Gasteiger partial charge in [0.05, 0.1) is 5.69 Å². The van der Waals surface area contributed by atoms with Gasteiger partial charge in [0, 0.05) is 22.4 Å². The Kier molecular flexibility index (Phi) is 8.23. The molecule has 0 atom stereocenters. The van der Waals surface area contributed by atoms with Crippen molar-refractivity contribution in [1.82, 2.24) is 0 Å². The van der Waals surface area contributed by atoms with Gasteiger partial charge in [0.2, 0.25) is 0 Å². The van der Waals surface area contributed by atoms with Gasteiger partial charge in [-0.3, -0.25) is 0 Å². The highest BCUT2D eigenvalue weighted by Crippen LogP contribution is 2.54. The fourth-order valence-electron chi connectivity index (χ4n) is 8.89. The van der Waals surface area contributed by atoms with E-state index in [1.54, 1.807) is 0 Å². The number of anilines is 3. The molecule has 10 rings (SSSR count). The number of hydrogen-bond acceptors (Lipinski definition) is 1. The van der Waals surface area contributed by atoms with Crippen LogP contribution in [0.1, 0.15) is 25.0 Å². The molecule has 1 heteroatoms. The van der Waals surface area contributed by atoms with Crippen molar-refractivity contribution in [3.8, 4) is 55.6 Å². The predicted molar refractivity (Wildman–Crippen MR) is 238 cm³/mol. The molecule has 0 aromatic heterocycles. The molecule has 0 radical (unpaired) electrons. The molecule has 1 nitrogen and oxygen atoms in total. The first-order valence-corrected chi connectivity index (χ1v) is 19.5. The maximum Gasteiger partial charge on any atom is 0.0540 e. The van der Waals surface area contributed by atoms with Crippen LogP contribution in [0, 0.1) is 0 Å². The SMILES string of the molecule is CC1(C)c2ccc(N(c3cccc(-c4ccccc4)c3)c3ccccc3-c3cccc4ccc(-c5ccccc5)cc34)cc2-c2c(-c3ccccc3)cccc21. The first kappa shape index (κ1) is 33.6. The third kappa shape index (κ3) is 5.72. The first-order chi connectivity index (χ1) is 27.5. The van der Waals surface area contributed by atoms with Gasteiger partial charge in [-0.1, -0.05) is 190 Å².